The highest BCUT2D eigenvalue weighted by Crippen LogP contribution is 2.34. The van der Waals surface area contributed by atoms with Crippen LogP contribution in [0.4, 0.5) is 11.4 Å². The van der Waals surface area contributed by atoms with Gasteiger partial charge in [0.15, 0.2) is 5.16 Å². The Bertz CT molecular complexity index is 1170. The molecule has 2 N–H and O–H groups in total. The predicted molar refractivity (Wildman–Crippen MR) is 113 cm³/mol. The number of anilines is 2. The molecule has 0 fully saturated rings. The first-order valence-electron chi connectivity index (χ1n) is 9.12. The molecule has 150 valence electrons. The van der Waals surface area contributed by atoms with E-state index in [0.29, 0.717) is 30.6 Å². The topological polar surface area (TPSA) is 93.1 Å². The van der Waals surface area contributed by atoms with Crippen molar-refractivity contribution >= 4 is 39.1 Å². The number of rotatable bonds is 5. The first-order valence-corrected chi connectivity index (χ1v) is 11.4. The van der Waals surface area contributed by atoms with Crippen LogP contribution in [0.3, 0.4) is 0 Å². The molecule has 7 nitrogen and oxygen atoms in total. The van der Waals surface area contributed by atoms with Crippen LogP contribution in [0.2, 0.25) is 0 Å². The summed E-state index contributed by atoms with van der Waals surface area (Å²) in [5.41, 5.74) is 2.00. The first-order chi connectivity index (χ1) is 13.9. The predicted octanol–water partition coefficient (Wildman–Crippen LogP) is 3.65. The van der Waals surface area contributed by atoms with E-state index in [2.05, 4.69) is 15.0 Å². The van der Waals surface area contributed by atoms with E-state index in [1.54, 1.807) is 30.5 Å². The second kappa shape index (κ2) is 7.92. The lowest BCUT2D eigenvalue weighted by Gasteiger charge is -2.14. The van der Waals surface area contributed by atoms with Crippen LogP contribution in [-0.2, 0) is 28.3 Å². The van der Waals surface area contributed by atoms with Gasteiger partial charge in [-0.05, 0) is 60.5 Å². The number of carbonyl (C=O) groups is 1. The minimum Gasteiger partial charge on any atom is -0.329 e. The summed E-state index contributed by atoms with van der Waals surface area (Å²) < 4.78 is 30.6. The molecule has 3 aromatic rings. The summed E-state index contributed by atoms with van der Waals surface area (Å²) in [6, 6.07) is 12.0. The highest BCUT2D eigenvalue weighted by Gasteiger charge is 2.20. The van der Waals surface area contributed by atoms with Crippen molar-refractivity contribution in [2.45, 2.75) is 34.2 Å². The van der Waals surface area contributed by atoms with Gasteiger partial charge in [0, 0.05) is 36.4 Å². The van der Waals surface area contributed by atoms with Gasteiger partial charge in [0.2, 0.25) is 5.91 Å². The Morgan fingerprint density at radius 1 is 1.17 bits per heavy atom. The molecule has 0 saturated heterocycles. The standard InChI is InChI=1S/C20H20N4O3S2/c1-24-12-11-21-20(24)28-18-7-3-2-6-17(18)23-29(26,27)15-9-10-16-14(13-15)5-4-8-19(25)22-16/h2-3,6-7,9-13,23H,4-5,8H2,1H3,(H,22,25). The van der Waals surface area contributed by atoms with Gasteiger partial charge in [0.05, 0.1) is 10.6 Å². The SMILES string of the molecule is Cn1ccnc1Sc1ccccc1NS(=O)(=O)c1ccc2c(c1)CCCC(=O)N2. The van der Waals surface area contributed by atoms with E-state index in [4.69, 9.17) is 0 Å². The van der Waals surface area contributed by atoms with Gasteiger partial charge in [-0.3, -0.25) is 9.52 Å². The molecular formula is C20H20N4O3S2. The summed E-state index contributed by atoms with van der Waals surface area (Å²) in [4.78, 5) is 16.9. The van der Waals surface area contributed by atoms with Gasteiger partial charge in [0.25, 0.3) is 10.0 Å². The monoisotopic (exact) mass is 428 g/mol. The number of hydrogen-bond acceptors (Lipinski definition) is 5. The second-order valence-electron chi connectivity index (χ2n) is 6.75. The summed E-state index contributed by atoms with van der Waals surface area (Å²) in [7, 11) is -1.90. The van der Waals surface area contributed by atoms with E-state index >= 15 is 0 Å². The Kier molecular flexibility index (Phi) is 5.33. The number of fused-ring (bicyclic) bond motifs is 1. The fraction of sp³-hybridized carbons (Fsp3) is 0.200. The number of hydrogen-bond donors (Lipinski definition) is 2. The third kappa shape index (κ3) is 4.30. The number of benzene rings is 2. The molecule has 1 aliphatic heterocycles. The molecule has 0 atom stereocenters. The highest BCUT2D eigenvalue weighted by atomic mass is 32.2. The van der Waals surface area contributed by atoms with Gasteiger partial charge in [0.1, 0.15) is 0 Å². The van der Waals surface area contributed by atoms with Crippen molar-refractivity contribution < 1.29 is 13.2 Å². The maximum Gasteiger partial charge on any atom is 0.261 e. The molecule has 4 rings (SSSR count). The van der Waals surface area contributed by atoms with E-state index < -0.39 is 10.0 Å². The van der Waals surface area contributed by atoms with Crippen LogP contribution < -0.4 is 10.0 Å². The number of aryl methyl sites for hydroxylation is 2. The zero-order valence-corrected chi connectivity index (χ0v) is 17.4. The molecule has 9 heteroatoms. The van der Waals surface area contributed by atoms with E-state index in [0.717, 1.165) is 15.6 Å². The van der Waals surface area contributed by atoms with Crippen molar-refractivity contribution in [1.29, 1.82) is 0 Å². The number of para-hydroxylation sites is 1. The third-order valence-electron chi connectivity index (χ3n) is 4.62. The van der Waals surface area contributed by atoms with Gasteiger partial charge >= 0.3 is 0 Å². The average molecular weight is 429 g/mol. The van der Waals surface area contributed by atoms with Crippen LogP contribution in [-0.4, -0.2) is 23.9 Å². The van der Waals surface area contributed by atoms with Crippen molar-refractivity contribution in [3.05, 3.63) is 60.4 Å². The van der Waals surface area contributed by atoms with Crippen LogP contribution in [0.1, 0.15) is 18.4 Å². The molecule has 0 bridgehead atoms. The molecule has 2 heterocycles. The third-order valence-corrected chi connectivity index (χ3v) is 7.14. The summed E-state index contributed by atoms with van der Waals surface area (Å²) in [5.74, 6) is -0.0438. The lowest BCUT2D eigenvalue weighted by atomic mass is 10.1. The fourth-order valence-corrected chi connectivity index (χ4v) is 5.20. The van der Waals surface area contributed by atoms with E-state index in [1.165, 1.54) is 17.8 Å². The molecule has 0 aliphatic carbocycles. The zero-order chi connectivity index (χ0) is 20.4. The molecule has 2 aromatic carbocycles. The summed E-state index contributed by atoms with van der Waals surface area (Å²) in [6.45, 7) is 0. The number of sulfonamides is 1. The molecule has 0 saturated carbocycles. The molecule has 0 spiro atoms. The lowest BCUT2D eigenvalue weighted by Crippen LogP contribution is -2.14. The zero-order valence-electron chi connectivity index (χ0n) is 15.8. The molecule has 0 unspecified atom stereocenters. The van der Waals surface area contributed by atoms with E-state index in [9.17, 15) is 13.2 Å². The first kappa shape index (κ1) is 19.5. The Hall–Kier alpha value is -2.78. The van der Waals surface area contributed by atoms with Gasteiger partial charge in [-0.2, -0.15) is 0 Å². The highest BCUT2D eigenvalue weighted by molar-refractivity contribution is 7.99. The minimum absolute atomic E-state index is 0.0438. The van der Waals surface area contributed by atoms with Crippen molar-refractivity contribution in [3.8, 4) is 0 Å². The molecule has 1 amide bonds. The Balaban J connectivity index is 1.62. The number of aromatic nitrogens is 2. The summed E-state index contributed by atoms with van der Waals surface area (Å²) in [5, 5.41) is 3.58. The van der Waals surface area contributed by atoms with Crippen molar-refractivity contribution in [2.75, 3.05) is 10.0 Å². The smallest absolute Gasteiger partial charge is 0.261 e. The summed E-state index contributed by atoms with van der Waals surface area (Å²) >= 11 is 1.39. The number of imidazole rings is 1. The van der Waals surface area contributed by atoms with Crippen LogP contribution in [0, 0.1) is 0 Å². The van der Waals surface area contributed by atoms with Gasteiger partial charge in [-0.25, -0.2) is 13.4 Å². The van der Waals surface area contributed by atoms with Gasteiger partial charge in [-0.15, -0.1) is 0 Å². The van der Waals surface area contributed by atoms with Crippen molar-refractivity contribution in [2.24, 2.45) is 7.05 Å². The maximum absolute atomic E-state index is 13.0. The quantitative estimate of drug-likeness (QED) is 0.647. The summed E-state index contributed by atoms with van der Waals surface area (Å²) in [6.07, 6.45) is 5.32. The van der Waals surface area contributed by atoms with Crippen LogP contribution in [0.15, 0.2) is 69.8 Å². The van der Waals surface area contributed by atoms with Crippen molar-refractivity contribution in [3.63, 3.8) is 0 Å². The Morgan fingerprint density at radius 2 is 2.00 bits per heavy atom. The van der Waals surface area contributed by atoms with Crippen LogP contribution in [0.25, 0.3) is 0 Å². The van der Waals surface area contributed by atoms with Gasteiger partial charge in [-0.1, -0.05) is 12.1 Å². The molecular weight excluding hydrogens is 408 g/mol. The fourth-order valence-electron chi connectivity index (χ4n) is 3.11. The molecule has 1 aliphatic rings. The largest absolute Gasteiger partial charge is 0.329 e. The van der Waals surface area contributed by atoms with Crippen LogP contribution >= 0.6 is 11.8 Å². The Morgan fingerprint density at radius 3 is 2.79 bits per heavy atom. The number of nitrogens with one attached hydrogen (secondary N) is 2. The lowest BCUT2D eigenvalue weighted by molar-refractivity contribution is -0.116. The Labute approximate surface area is 173 Å². The van der Waals surface area contributed by atoms with E-state index in [-0.39, 0.29) is 10.8 Å². The molecule has 0 radical (unpaired) electrons. The van der Waals surface area contributed by atoms with Crippen molar-refractivity contribution in [1.82, 2.24) is 9.55 Å². The average Bonchev–Trinajstić information content (AvgIpc) is 2.98. The second-order valence-corrected chi connectivity index (χ2v) is 9.44. The number of carbonyl (C=O) groups excluding carboxylic acids is 1. The van der Waals surface area contributed by atoms with Crippen LogP contribution in [0.5, 0.6) is 0 Å². The molecule has 1 aromatic heterocycles. The maximum atomic E-state index is 13.0. The minimum atomic E-state index is -3.79. The van der Waals surface area contributed by atoms with Gasteiger partial charge < -0.3 is 9.88 Å². The normalized spacial score (nSPS) is 14.0. The molecule has 29 heavy (non-hydrogen) atoms. The number of nitrogens with zero attached hydrogens (tertiary/aromatic N) is 2. The number of amides is 1. The van der Waals surface area contributed by atoms with E-state index in [1.807, 2.05) is 29.9 Å².